The average Bonchev–Trinajstić information content (AvgIpc) is 2.16. The molecule has 0 radical (unpaired) electrons. The number of azide groups is 1. The van der Waals surface area contributed by atoms with E-state index < -0.39 is 24.5 Å². The van der Waals surface area contributed by atoms with E-state index in [-0.39, 0.29) is 5.56 Å². The molecule has 0 saturated heterocycles. The number of nitrogens with zero attached hydrogens (tertiary/aromatic N) is 3. The van der Waals surface area contributed by atoms with Gasteiger partial charge in [-0.3, -0.25) is 0 Å². The Labute approximate surface area is 88.3 Å². The molecule has 1 atom stereocenters. The highest BCUT2D eigenvalue weighted by Crippen LogP contribution is 2.32. The minimum atomic E-state index is -4.44. The van der Waals surface area contributed by atoms with Crippen molar-refractivity contribution in [2.75, 3.05) is 0 Å². The summed E-state index contributed by atoms with van der Waals surface area (Å²) in [6.45, 7) is 0. The van der Waals surface area contributed by atoms with Crippen molar-refractivity contribution >= 4 is 0 Å². The normalized spacial score (nSPS) is 13.0. The molecule has 86 valence electrons. The first-order valence-corrected chi connectivity index (χ1v) is 4.29. The van der Waals surface area contributed by atoms with Gasteiger partial charge in [0, 0.05) is 4.91 Å². The molecule has 0 saturated carbocycles. The van der Waals surface area contributed by atoms with E-state index in [0.717, 1.165) is 12.1 Å². The summed E-state index contributed by atoms with van der Waals surface area (Å²) in [4.78, 5) is 2.35. The second-order valence-corrected chi connectivity index (χ2v) is 3.09. The van der Waals surface area contributed by atoms with Crippen molar-refractivity contribution in [2.24, 2.45) is 5.11 Å². The number of benzene rings is 1. The number of alkyl halides is 3. The van der Waals surface area contributed by atoms with E-state index >= 15 is 0 Å². The van der Waals surface area contributed by atoms with Gasteiger partial charge in [0.25, 0.3) is 0 Å². The molecule has 0 heterocycles. The second-order valence-electron chi connectivity index (χ2n) is 3.09. The first kappa shape index (κ1) is 12.3. The minimum Gasteiger partial charge on any atom is -0.207 e. The van der Waals surface area contributed by atoms with Gasteiger partial charge in [-0.25, -0.2) is 4.39 Å². The van der Waals surface area contributed by atoms with Crippen LogP contribution < -0.4 is 0 Å². The van der Waals surface area contributed by atoms with Crippen LogP contribution in [0.25, 0.3) is 10.4 Å². The van der Waals surface area contributed by atoms with Crippen LogP contribution >= 0.6 is 0 Å². The van der Waals surface area contributed by atoms with Crippen LogP contribution in [0.5, 0.6) is 0 Å². The highest BCUT2D eigenvalue weighted by atomic mass is 19.4. The quantitative estimate of drug-likeness (QED) is 0.326. The predicted molar refractivity (Wildman–Crippen MR) is 49.0 cm³/mol. The lowest BCUT2D eigenvalue weighted by atomic mass is 10.0. The summed E-state index contributed by atoms with van der Waals surface area (Å²) < 4.78 is 49.0. The largest absolute Gasteiger partial charge is 0.389 e. The molecule has 1 rings (SSSR count). The van der Waals surface area contributed by atoms with Gasteiger partial charge in [-0.15, -0.1) is 0 Å². The van der Waals surface area contributed by atoms with Gasteiger partial charge in [-0.05, 0) is 23.2 Å². The Bertz CT molecular complexity index is 392. The molecule has 0 aromatic heterocycles. The Morgan fingerprint density at radius 1 is 1.25 bits per heavy atom. The summed E-state index contributed by atoms with van der Waals surface area (Å²) >= 11 is 0. The van der Waals surface area contributed by atoms with E-state index in [1.807, 2.05) is 0 Å². The molecular formula is C9H7F4N3. The van der Waals surface area contributed by atoms with Crippen molar-refractivity contribution in [1.82, 2.24) is 0 Å². The maximum Gasteiger partial charge on any atom is 0.389 e. The Hall–Kier alpha value is -1.75. The van der Waals surface area contributed by atoms with Crippen molar-refractivity contribution < 1.29 is 17.6 Å². The van der Waals surface area contributed by atoms with E-state index in [9.17, 15) is 17.6 Å². The SMILES string of the molecule is [N-]=[N+]=N[C@@H](CC(F)(F)F)c1ccc(F)cc1. The summed E-state index contributed by atoms with van der Waals surface area (Å²) in [5.74, 6) is -0.560. The lowest BCUT2D eigenvalue weighted by Gasteiger charge is -2.13. The Morgan fingerprint density at radius 2 is 1.81 bits per heavy atom. The van der Waals surface area contributed by atoms with Crippen molar-refractivity contribution in [2.45, 2.75) is 18.6 Å². The van der Waals surface area contributed by atoms with Crippen LogP contribution in [0, 0.1) is 5.82 Å². The maximum absolute atomic E-state index is 12.5. The Morgan fingerprint density at radius 3 is 2.25 bits per heavy atom. The van der Waals surface area contributed by atoms with Gasteiger partial charge in [-0.2, -0.15) is 13.2 Å². The fraction of sp³-hybridized carbons (Fsp3) is 0.333. The standard InChI is InChI=1S/C9H7F4N3/c10-7-3-1-6(2-4-7)8(15-16-14)5-9(11,12)13/h1-4,8H,5H2/t8-/m0/s1. The number of halogens is 4. The van der Waals surface area contributed by atoms with Crippen LogP contribution in [0.1, 0.15) is 18.0 Å². The summed E-state index contributed by atoms with van der Waals surface area (Å²) in [6, 6.07) is 3.02. The van der Waals surface area contributed by atoms with Gasteiger partial charge in [0.1, 0.15) is 5.82 Å². The molecule has 0 N–H and O–H groups in total. The summed E-state index contributed by atoms with van der Waals surface area (Å²) in [5.41, 5.74) is 8.30. The van der Waals surface area contributed by atoms with Crippen molar-refractivity contribution in [3.63, 3.8) is 0 Å². The zero-order valence-corrected chi connectivity index (χ0v) is 7.95. The highest BCUT2D eigenvalue weighted by molar-refractivity contribution is 5.20. The lowest BCUT2D eigenvalue weighted by molar-refractivity contribution is -0.138. The van der Waals surface area contributed by atoms with Crippen LogP contribution in [-0.4, -0.2) is 6.18 Å². The third-order valence-electron chi connectivity index (χ3n) is 1.87. The summed E-state index contributed by atoms with van der Waals surface area (Å²) in [7, 11) is 0. The van der Waals surface area contributed by atoms with E-state index in [2.05, 4.69) is 10.0 Å². The Kier molecular flexibility index (Phi) is 3.73. The fourth-order valence-electron chi connectivity index (χ4n) is 1.19. The molecule has 0 aliphatic heterocycles. The van der Waals surface area contributed by atoms with Crippen LogP contribution in [0.2, 0.25) is 0 Å². The van der Waals surface area contributed by atoms with Crippen molar-refractivity contribution in [1.29, 1.82) is 0 Å². The second kappa shape index (κ2) is 4.85. The van der Waals surface area contributed by atoms with E-state index in [4.69, 9.17) is 5.53 Å². The first-order chi connectivity index (χ1) is 7.42. The van der Waals surface area contributed by atoms with E-state index in [0.29, 0.717) is 0 Å². The first-order valence-electron chi connectivity index (χ1n) is 4.29. The van der Waals surface area contributed by atoms with Gasteiger partial charge in [0.2, 0.25) is 0 Å². The molecular weight excluding hydrogens is 226 g/mol. The van der Waals surface area contributed by atoms with E-state index in [1.165, 1.54) is 12.1 Å². The minimum absolute atomic E-state index is 0.136. The van der Waals surface area contributed by atoms with Crippen molar-refractivity contribution in [3.05, 3.63) is 46.1 Å². The fourth-order valence-corrected chi connectivity index (χ4v) is 1.19. The predicted octanol–water partition coefficient (Wildman–Crippen LogP) is 4.13. The summed E-state index contributed by atoms with van der Waals surface area (Å²) in [5, 5.41) is 3.05. The molecule has 0 unspecified atom stereocenters. The summed E-state index contributed by atoms with van der Waals surface area (Å²) in [6.07, 6.45) is -5.70. The van der Waals surface area contributed by atoms with Gasteiger partial charge in [0.15, 0.2) is 0 Å². The van der Waals surface area contributed by atoms with Crippen LogP contribution in [-0.2, 0) is 0 Å². The Balaban J connectivity index is 2.94. The molecule has 1 aromatic carbocycles. The number of hydrogen-bond donors (Lipinski definition) is 0. The molecule has 0 aliphatic carbocycles. The van der Waals surface area contributed by atoms with Crippen molar-refractivity contribution in [3.8, 4) is 0 Å². The van der Waals surface area contributed by atoms with Gasteiger partial charge < -0.3 is 0 Å². The third kappa shape index (κ3) is 3.78. The van der Waals surface area contributed by atoms with Crippen LogP contribution in [0.4, 0.5) is 17.6 Å². The molecule has 1 aromatic rings. The maximum atomic E-state index is 12.5. The zero-order chi connectivity index (χ0) is 12.2. The van der Waals surface area contributed by atoms with E-state index in [1.54, 1.807) is 0 Å². The van der Waals surface area contributed by atoms with Crippen LogP contribution in [0.15, 0.2) is 29.4 Å². The highest BCUT2D eigenvalue weighted by Gasteiger charge is 2.32. The smallest absolute Gasteiger partial charge is 0.207 e. The third-order valence-corrected chi connectivity index (χ3v) is 1.87. The number of rotatable bonds is 3. The van der Waals surface area contributed by atoms with Gasteiger partial charge in [-0.1, -0.05) is 17.2 Å². The number of hydrogen-bond acceptors (Lipinski definition) is 1. The van der Waals surface area contributed by atoms with Gasteiger partial charge in [0.05, 0.1) is 12.5 Å². The molecule has 0 aliphatic rings. The molecule has 0 spiro atoms. The topological polar surface area (TPSA) is 48.8 Å². The molecule has 3 nitrogen and oxygen atoms in total. The molecule has 7 heteroatoms. The van der Waals surface area contributed by atoms with Crippen LogP contribution in [0.3, 0.4) is 0 Å². The molecule has 16 heavy (non-hydrogen) atoms. The van der Waals surface area contributed by atoms with Gasteiger partial charge >= 0.3 is 6.18 Å². The molecule has 0 fully saturated rings. The molecule has 0 bridgehead atoms. The zero-order valence-electron chi connectivity index (χ0n) is 7.95. The average molecular weight is 233 g/mol. The monoisotopic (exact) mass is 233 g/mol. The molecule has 0 amide bonds. The lowest BCUT2D eigenvalue weighted by Crippen LogP contribution is -2.12.